The maximum absolute atomic E-state index is 9.35. The molecule has 0 bridgehead atoms. The predicted octanol–water partition coefficient (Wildman–Crippen LogP) is 2.26. The zero-order chi connectivity index (χ0) is 10.4. The van der Waals surface area contributed by atoms with Crippen LogP contribution in [0.2, 0.25) is 0 Å². The number of hydrogen-bond acceptors (Lipinski definition) is 2. The number of nitrogens with zero attached hydrogens (tertiary/aromatic N) is 1. The van der Waals surface area contributed by atoms with E-state index in [1.54, 1.807) is 0 Å². The van der Waals surface area contributed by atoms with Crippen molar-refractivity contribution in [2.45, 2.75) is 18.3 Å². The van der Waals surface area contributed by atoms with Crippen LogP contribution in [0.3, 0.4) is 0 Å². The van der Waals surface area contributed by atoms with Gasteiger partial charge in [-0.25, -0.2) is 0 Å². The fourth-order valence-electron chi connectivity index (χ4n) is 2.93. The van der Waals surface area contributed by atoms with Crippen LogP contribution >= 0.6 is 0 Å². The molecule has 0 unspecified atom stereocenters. The van der Waals surface area contributed by atoms with Gasteiger partial charge in [0.15, 0.2) is 0 Å². The molecule has 0 atom stereocenters. The second kappa shape index (κ2) is 2.84. The van der Waals surface area contributed by atoms with Gasteiger partial charge in [-0.2, -0.15) is 5.26 Å². The molecule has 2 nitrogen and oxygen atoms in total. The quantitative estimate of drug-likeness (QED) is 0.695. The Balaban J connectivity index is 1.88. The Kier molecular flexibility index (Phi) is 1.69. The number of benzene rings is 1. The maximum Gasteiger partial charge on any atom is 0.0836 e. The van der Waals surface area contributed by atoms with E-state index in [9.17, 15) is 5.26 Å². The first-order chi connectivity index (χ1) is 7.29. The van der Waals surface area contributed by atoms with Gasteiger partial charge >= 0.3 is 0 Å². The Morgan fingerprint density at radius 2 is 1.80 bits per heavy atom. The summed E-state index contributed by atoms with van der Waals surface area (Å²) in [5.41, 5.74) is 1.28. The van der Waals surface area contributed by atoms with Crippen molar-refractivity contribution in [2.75, 3.05) is 13.2 Å². The topological polar surface area (TPSA) is 33.0 Å². The summed E-state index contributed by atoms with van der Waals surface area (Å²) in [6.07, 6.45) is 1.95. The normalized spacial score (nSPS) is 25.0. The molecule has 2 fully saturated rings. The molecule has 0 aromatic heterocycles. The Labute approximate surface area is 89.5 Å². The summed E-state index contributed by atoms with van der Waals surface area (Å²) in [6, 6.07) is 12.6. The van der Waals surface area contributed by atoms with Crippen molar-refractivity contribution in [2.24, 2.45) is 5.41 Å². The summed E-state index contributed by atoms with van der Waals surface area (Å²) in [5, 5.41) is 9.35. The predicted molar refractivity (Wildman–Crippen MR) is 56.2 cm³/mol. The fraction of sp³-hybridized carbons (Fsp3) is 0.462. The summed E-state index contributed by atoms with van der Waals surface area (Å²) >= 11 is 0. The zero-order valence-electron chi connectivity index (χ0n) is 8.57. The van der Waals surface area contributed by atoms with E-state index < -0.39 is 0 Å². The SMILES string of the molecule is N#CC1(c2ccccc2)CC2(COC2)C1. The van der Waals surface area contributed by atoms with Crippen LogP contribution in [0.25, 0.3) is 0 Å². The summed E-state index contributed by atoms with van der Waals surface area (Å²) < 4.78 is 5.24. The third-order valence-corrected chi connectivity index (χ3v) is 3.71. The monoisotopic (exact) mass is 199 g/mol. The largest absolute Gasteiger partial charge is 0.380 e. The molecule has 15 heavy (non-hydrogen) atoms. The van der Waals surface area contributed by atoms with Crippen LogP contribution < -0.4 is 0 Å². The average Bonchev–Trinajstić information content (AvgIpc) is 2.17. The minimum absolute atomic E-state index is 0.231. The second-order valence-electron chi connectivity index (χ2n) is 4.91. The first-order valence-electron chi connectivity index (χ1n) is 5.33. The first-order valence-corrected chi connectivity index (χ1v) is 5.33. The number of nitriles is 1. The van der Waals surface area contributed by atoms with Crippen molar-refractivity contribution in [1.82, 2.24) is 0 Å². The van der Waals surface area contributed by atoms with Gasteiger partial charge in [-0.15, -0.1) is 0 Å². The Bertz CT molecular complexity index is 406. The molecule has 76 valence electrons. The maximum atomic E-state index is 9.35. The molecule has 3 rings (SSSR count). The van der Waals surface area contributed by atoms with Crippen molar-refractivity contribution in [3.8, 4) is 6.07 Å². The third-order valence-electron chi connectivity index (χ3n) is 3.71. The van der Waals surface area contributed by atoms with Gasteiger partial charge in [-0.05, 0) is 18.4 Å². The molecular formula is C13H13NO. The van der Waals surface area contributed by atoms with Crippen molar-refractivity contribution in [3.63, 3.8) is 0 Å². The number of rotatable bonds is 1. The molecule has 1 heterocycles. The highest BCUT2D eigenvalue weighted by molar-refractivity contribution is 5.38. The lowest BCUT2D eigenvalue weighted by Gasteiger charge is -2.57. The second-order valence-corrected chi connectivity index (χ2v) is 4.91. The van der Waals surface area contributed by atoms with E-state index in [0.717, 1.165) is 26.1 Å². The summed E-state index contributed by atoms with van der Waals surface area (Å²) in [7, 11) is 0. The van der Waals surface area contributed by atoms with Crippen molar-refractivity contribution >= 4 is 0 Å². The van der Waals surface area contributed by atoms with Gasteiger partial charge in [0.25, 0.3) is 0 Å². The van der Waals surface area contributed by atoms with E-state index in [1.165, 1.54) is 5.56 Å². The van der Waals surface area contributed by atoms with E-state index in [-0.39, 0.29) is 5.41 Å². The molecule has 1 aromatic rings. The third kappa shape index (κ3) is 1.13. The van der Waals surface area contributed by atoms with E-state index in [1.807, 2.05) is 18.2 Å². The van der Waals surface area contributed by atoms with E-state index in [4.69, 9.17) is 4.74 Å². The molecule has 1 spiro atoms. The molecule has 0 amide bonds. The molecule has 1 aliphatic carbocycles. The smallest absolute Gasteiger partial charge is 0.0836 e. The van der Waals surface area contributed by atoms with Crippen molar-refractivity contribution in [3.05, 3.63) is 35.9 Å². The van der Waals surface area contributed by atoms with E-state index in [2.05, 4.69) is 18.2 Å². The highest BCUT2D eigenvalue weighted by Gasteiger charge is 2.59. The first kappa shape index (κ1) is 8.94. The zero-order valence-corrected chi connectivity index (χ0v) is 8.57. The molecule has 1 saturated heterocycles. The summed E-state index contributed by atoms with van der Waals surface area (Å²) in [4.78, 5) is 0. The molecule has 0 radical (unpaired) electrons. The van der Waals surface area contributed by atoms with Crippen LogP contribution in [0.4, 0.5) is 0 Å². The Hall–Kier alpha value is -1.33. The van der Waals surface area contributed by atoms with E-state index >= 15 is 0 Å². The highest BCUT2D eigenvalue weighted by atomic mass is 16.5. The lowest BCUT2D eigenvalue weighted by molar-refractivity contribution is -0.178. The standard InChI is InChI=1S/C13H13NO/c14-8-13(11-4-2-1-3-5-11)6-12(7-13)9-15-10-12/h1-5H,6-7,9-10H2. The number of hydrogen-bond donors (Lipinski definition) is 0. The number of ether oxygens (including phenoxy) is 1. The molecule has 0 N–H and O–H groups in total. The van der Waals surface area contributed by atoms with Crippen molar-refractivity contribution < 1.29 is 4.74 Å². The summed E-state index contributed by atoms with van der Waals surface area (Å²) in [6.45, 7) is 1.70. The van der Waals surface area contributed by atoms with Crippen LogP contribution in [0.15, 0.2) is 30.3 Å². The van der Waals surface area contributed by atoms with Gasteiger partial charge in [0.2, 0.25) is 0 Å². The van der Waals surface area contributed by atoms with Crippen molar-refractivity contribution in [1.29, 1.82) is 5.26 Å². The summed E-state index contributed by atoms with van der Waals surface area (Å²) in [5.74, 6) is 0. The molecule has 2 aliphatic rings. The van der Waals surface area contributed by atoms with Crippen LogP contribution in [-0.4, -0.2) is 13.2 Å². The van der Waals surface area contributed by atoms with Crippen LogP contribution in [0, 0.1) is 16.7 Å². The average molecular weight is 199 g/mol. The van der Waals surface area contributed by atoms with Gasteiger partial charge in [0, 0.05) is 5.41 Å². The van der Waals surface area contributed by atoms with Gasteiger partial charge < -0.3 is 4.74 Å². The lowest BCUT2D eigenvalue weighted by atomic mass is 9.50. The molecule has 1 aromatic carbocycles. The fourth-order valence-corrected chi connectivity index (χ4v) is 2.93. The minimum atomic E-state index is -0.231. The van der Waals surface area contributed by atoms with Gasteiger partial charge in [-0.1, -0.05) is 30.3 Å². The van der Waals surface area contributed by atoms with Crippen LogP contribution in [0.1, 0.15) is 18.4 Å². The molecule has 1 aliphatic heterocycles. The van der Waals surface area contributed by atoms with Gasteiger partial charge in [-0.3, -0.25) is 0 Å². The van der Waals surface area contributed by atoms with Gasteiger partial charge in [0.1, 0.15) is 0 Å². The Morgan fingerprint density at radius 1 is 1.13 bits per heavy atom. The molecule has 1 saturated carbocycles. The molecule has 2 heteroatoms. The molecular weight excluding hydrogens is 186 g/mol. The Morgan fingerprint density at radius 3 is 2.27 bits per heavy atom. The van der Waals surface area contributed by atoms with Crippen LogP contribution in [-0.2, 0) is 10.2 Å². The van der Waals surface area contributed by atoms with Crippen LogP contribution in [0.5, 0.6) is 0 Å². The van der Waals surface area contributed by atoms with Gasteiger partial charge in [0.05, 0.1) is 24.7 Å². The van der Waals surface area contributed by atoms with E-state index in [0.29, 0.717) is 5.41 Å². The lowest BCUT2D eigenvalue weighted by Crippen LogP contribution is -2.59. The minimum Gasteiger partial charge on any atom is -0.380 e. The highest BCUT2D eigenvalue weighted by Crippen LogP contribution is 2.58.